The molecular weight excluding hydrogens is 566 g/mol. The Hall–Kier alpha value is -4.25. The molecule has 5 rings (SSSR count). The predicted molar refractivity (Wildman–Crippen MR) is 168 cm³/mol. The molecule has 226 valence electrons. The number of methoxy groups -OCH3 is 1. The van der Waals surface area contributed by atoms with Gasteiger partial charge in [-0.05, 0) is 51.8 Å². The number of nitro groups is 1. The number of carbonyl (C=O) groups is 1. The Morgan fingerprint density at radius 3 is 2.49 bits per heavy atom. The van der Waals surface area contributed by atoms with Crippen LogP contribution in [0.2, 0.25) is 0 Å². The minimum Gasteiger partial charge on any atom is -0.496 e. The van der Waals surface area contributed by atoms with Crippen molar-refractivity contribution >= 4 is 34.7 Å². The Bertz CT molecular complexity index is 1750. The van der Waals surface area contributed by atoms with Crippen LogP contribution in [0.1, 0.15) is 63.6 Å². The van der Waals surface area contributed by atoms with E-state index in [1.54, 1.807) is 35.6 Å². The number of anilines is 1. The highest BCUT2D eigenvalue weighted by Gasteiger charge is 2.35. The largest absolute Gasteiger partial charge is 0.496 e. The number of rotatable bonds is 8. The van der Waals surface area contributed by atoms with Gasteiger partial charge in [0, 0.05) is 55.1 Å². The zero-order valence-corrected chi connectivity index (χ0v) is 25.9. The molecule has 1 fully saturated rings. The topological polar surface area (TPSA) is 110 Å². The molecule has 11 heteroatoms. The molecule has 1 aromatic heterocycles. The second kappa shape index (κ2) is 12.9. The molecule has 0 bridgehead atoms. The maximum absolute atomic E-state index is 14.3. The summed E-state index contributed by atoms with van der Waals surface area (Å²) in [6.45, 7) is 8.38. The summed E-state index contributed by atoms with van der Waals surface area (Å²) in [6, 6.07) is 11.5. The number of nitro benzene ring substituents is 1. The van der Waals surface area contributed by atoms with Crippen LogP contribution in [-0.4, -0.2) is 53.6 Å². The van der Waals surface area contributed by atoms with Crippen LogP contribution in [-0.2, 0) is 4.79 Å². The van der Waals surface area contributed by atoms with Crippen molar-refractivity contribution < 1.29 is 14.5 Å². The summed E-state index contributed by atoms with van der Waals surface area (Å²) in [5.41, 5.74) is 2.79. The summed E-state index contributed by atoms with van der Waals surface area (Å²) in [5, 5.41) is 11.7. The van der Waals surface area contributed by atoms with E-state index in [0.29, 0.717) is 50.6 Å². The summed E-state index contributed by atoms with van der Waals surface area (Å²) in [6.07, 6.45) is 6.12. The molecule has 0 N–H and O–H groups in total. The molecule has 0 saturated carbocycles. The lowest BCUT2D eigenvalue weighted by molar-refractivity contribution is -0.384. The Kier molecular flexibility index (Phi) is 9.10. The number of nitrogens with zero attached hydrogens (tertiary/aromatic N) is 5. The number of non-ortho nitro benzene ring substituents is 1. The molecule has 1 saturated heterocycles. The standard InChI is InChI=1S/C32H37N5O5S/c1-5-34(6-2)31(39)28-21(3)33-32-36(29(28)24-13-9-10-14-26(24)42-4)30(38)27(43-32)20-22-19-23(37(40)41)15-16-25(22)35-17-11-7-8-12-18-35/h9-10,13-16,19-20,29H,5-8,11-12,17-18H2,1-4H3/b27-20-/t29-/m1/s1. The SMILES string of the molecule is CCN(CC)C(=O)C1=C(C)N=c2s/c(=C\c3cc([N+](=O)[O-])ccc3N3CCCCCC3)c(=O)n2[C@@H]1c1ccccc1OC. The molecule has 2 aliphatic heterocycles. The molecule has 10 nitrogen and oxygen atoms in total. The lowest BCUT2D eigenvalue weighted by atomic mass is 9.94. The normalized spacial score (nSPS) is 17.3. The van der Waals surface area contributed by atoms with Gasteiger partial charge in [0.1, 0.15) is 11.8 Å². The van der Waals surface area contributed by atoms with Gasteiger partial charge in [-0.1, -0.05) is 42.4 Å². The number of hydrogen-bond donors (Lipinski definition) is 0. The van der Waals surface area contributed by atoms with Crippen LogP contribution in [0.15, 0.2) is 63.5 Å². The first-order chi connectivity index (χ1) is 20.8. The third-order valence-electron chi connectivity index (χ3n) is 8.19. The van der Waals surface area contributed by atoms with Crippen LogP contribution in [0, 0.1) is 10.1 Å². The number of benzene rings is 2. The molecule has 2 aliphatic rings. The molecule has 1 amide bonds. The van der Waals surface area contributed by atoms with E-state index in [-0.39, 0.29) is 17.2 Å². The molecule has 3 heterocycles. The van der Waals surface area contributed by atoms with Crippen molar-refractivity contribution in [3.8, 4) is 5.75 Å². The highest BCUT2D eigenvalue weighted by atomic mass is 32.1. The van der Waals surface area contributed by atoms with Crippen molar-refractivity contribution in [3.63, 3.8) is 0 Å². The van der Waals surface area contributed by atoms with Gasteiger partial charge >= 0.3 is 0 Å². The summed E-state index contributed by atoms with van der Waals surface area (Å²) in [7, 11) is 1.57. The molecule has 2 aromatic carbocycles. The Labute approximate surface area is 254 Å². The van der Waals surface area contributed by atoms with E-state index < -0.39 is 11.0 Å². The van der Waals surface area contributed by atoms with E-state index >= 15 is 0 Å². The van der Waals surface area contributed by atoms with Crippen LogP contribution in [0.5, 0.6) is 5.75 Å². The Morgan fingerprint density at radius 1 is 1.14 bits per heavy atom. The van der Waals surface area contributed by atoms with Gasteiger partial charge in [0.2, 0.25) is 0 Å². The first kappa shape index (κ1) is 30.2. The summed E-state index contributed by atoms with van der Waals surface area (Å²) < 4.78 is 7.65. The molecule has 0 spiro atoms. The maximum atomic E-state index is 14.3. The predicted octanol–water partition coefficient (Wildman–Crippen LogP) is 4.40. The van der Waals surface area contributed by atoms with Gasteiger partial charge in [0.15, 0.2) is 4.80 Å². The van der Waals surface area contributed by atoms with E-state index in [1.807, 2.05) is 38.1 Å². The molecule has 43 heavy (non-hydrogen) atoms. The second-order valence-corrected chi connectivity index (χ2v) is 11.7. The van der Waals surface area contributed by atoms with Crippen molar-refractivity contribution in [2.45, 2.75) is 52.5 Å². The van der Waals surface area contributed by atoms with E-state index in [9.17, 15) is 19.7 Å². The Morgan fingerprint density at radius 2 is 1.84 bits per heavy atom. The number of amides is 1. The van der Waals surface area contributed by atoms with Crippen molar-refractivity contribution in [1.29, 1.82) is 0 Å². The number of ether oxygens (including phenoxy) is 1. The van der Waals surface area contributed by atoms with Gasteiger partial charge < -0.3 is 14.5 Å². The van der Waals surface area contributed by atoms with Crippen molar-refractivity contribution in [3.05, 3.63) is 94.7 Å². The van der Waals surface area contributed by atoms with Crippen molar-refractivity contribution in [1.82, 2.24) is 9.47 Å². The fourth-order valence-corrected chi connectivity index (χ4v) is 7.01. The number of aromatic nitrogens is 1. The van der Waals surface area contributed by atoms with Gasteiger partial charge in [-0.15, -0.1) is 0 Å². The lowest BCUT2D eigenvalue weighted by Gasteiger charge is -2.29. The third kappa shape index (κ3) is 5.86. The number of likely N-dealkylation sites (N-methyl/N-ethyl adjacent to an activating group) is 1. The number of carbonyl (C=O) groups excluding carboxylic acids is 1. The fraction of sp³-hybridized carbons (Fsp3) is 0.406. The quantitative estimate of drug-likeness (QED) is 0.279. The average Bonchev–Trinajstić information content (AvgIpc) is 3.16. The number of fused-ring (bicyclic) bond motifs is 1. The molecule has 0 aliphatic carbocycles. The molecule has 1 atom stereocenters. The summed E-state index contributed by atoms with van der Waals surface area (Å²) in [5.74, 6) is 0.377. The summed E-state index contributed by atoms with van der Waals surface area (Å²) >= 11 is 1.22. The van der Waals surface area contributed by atoms with Gasteiger partial charge in [-0.25, -0.2) is 4.99 Å². The lowest BCUT2D eigenvalue weighted by Crippen LogP contribution is -2.43. The number of allylic oxidation sites excluding steroid dienone is 1. The van der Waals surface area contributed by atoms with Crippen LogP contribution >= 0.6 is 11.3 Å². The highest BCUT2D eigenvalue weighted by Crippen LogP contribution is 2.36. The third-order valence-corrected chi connectivity index (χ3v) is 9.17. The molecule has 3 aromatic rings. The van der Waals surface area contributed by atoms with E-state index in [1.165, 1.54) is 23.5 Å². The first-order valence-electron chi connectivity index (χ1n) is 14.8. The molecular formula is C32H37N5O5S. The Balaban J connectivity index is 1.74. The van der Waals surface area contributed by atoms with Crippen LogP contribution in [0.4, 0.5) is 11.4 Å². The number of para-hydroxylation sites is 1. The van der Waals surface area contributed by atoms with Crippen LogP contribution < -0.4 is 24.5 Å². The average molecular weight is 604 g/mol. The van der Waals surface area contributed by atoms with E-state index in [0.717, 1.165) is 44.5 Å². The first-order valence-corrected chi connectivity index (χ1v) is 15.6. The van der Waals surface area contributed by atoms with E-state index in [2.05, 4.69) is 4.90 Å². The van der Waals surface area contributed by atoms with E-state index in [4.69, 9.17) is 9.73 Å². The van der Waals surface area contributed by atoms with Crippen molar-refractivity contribution in [2.24, 2.45) is 4.99 Å². The van der Waals surface area contributed by atoms with Gasteiger partial charge in [-0.2, -0.15) is 0 Å². The van der Waals surface area contributed by atoms with Gasteiger partial charge in [0.25, 0.3) is 17.2 Å². The van der Waals surface area contributed by atoms with Crippen molar-refractivity contribution in [2.75, 3.05) is 38.2 Å². The molecule has 0 radical (unpaired) electrons. The van der Waals surface area contributed by atoms with Gasteiger partial charge in [0.05, 0.1) is 27.8 Å². The highest BCUT2D eigenvalue weighted by molar-refractivity contribution is 7.07. The van der Waals surface area contributed by atoms with Crippen LogP contribution in [0.3, 0.4) is 0 Å². The van der Waals surface area contributed by atoms with Crippen LogP contribution in [0.25, 0.3) is 6.08 Å². The minimum atomic E-state index is -0.752. The fourth-order valence-electron chi connectivity index (χ4n) is 5.97. The summed E-state index contributed by atoms with van der Waals surface area (Å²) in [4.78, 5) is 48.7. The van der Waals surface area contributed by atoms with Gasteiger partial charge in [-0.3, -0.25) is 24.3 Å². The molecule has 0 unspecified atom stereocenters. The smallest absolute Gasteiger partial charge is 0.271 e. The monoisotopic (exact) mass is 603 g/mol. The maximum Gasteiger partial charge on any atom is 0.271 e. The number of thiazole rings is 1. The zero-order valence-electron chi connectivity index (χ0n) is 25.0. The zero-order chi connectivity index (χ0) is 30.7. The number of hydrogen-bond acceptors (Lipinski definition) is 8. The minimum absolute atomic E-state index is 0.0348. The second-order valence-electron chi connectivity index (χ2n) is 10.7.